The number of rotatable bonds is 5. The number of hydrogen-bond acceptors (Lipinski definition) is 5. The highest BCUT2D eigenvalue weighted by Gasteiger charge is 2.32. The lowest BCUT2D eigenvalue weighted by molar-refractivity contribution is 0.0605. The zero-order valence-electron chi connectivity index (χ0n) is 11.4. The molecular formula is C13H20N2O2S. The summed E-state index contributed by atoms with van der Waals surface area (Å²) in [5.41, 5.74) is 0.774. The predicted molar refractivity (Wildman–Crippen MR) is 73.4 cm³/mol. The number of carbonyl (C=O) groups excluding carboxylic acids is 1. The minimum absolute atomic E-state index is 0.281. The SMILES string of the molecule is COC(=O)c1sc(N(CC(C)C)C2CC2)nc1C. The van der Waals surface area contributed by atoms with Crippen molar-refractivity contribution < 1.29 is 9.53 Å². The number of thiazole rings is 1. The second-order valence-electron chi connectivity index (χ2n) is 5.18. The van der Waals surface area contributed by atoms with Crippen LogP contribution in [0.3, 0.4) is 0 Å². The first kappa shape index (κ1) is 13.3. The fourth-order valence-electron chi connectivity index (χ4n) is 1.95. The number of esters is 1. The molecule has 0 aliphatic heterocycles. The summed E-state index contributed by atoms with van der Waals surface area (Å²) in [6.45, 7) is 7.28. The molecule has 2 rings (SSSR count). The summed E-state index contributed by atoms with van der Waals surface area (Å²) in [5, 5.41) is 0.962. The van der Waals surface area contributed by atoms with Gasteiger partial charge in [0.05, 0.1) is 12.8 Å². The van der Waals surface area contributed by atoms with Crippen molar-refractivity contribution in [3.63, 3.8) is 0 Å². The monoisotopic (exact) mass is 268 g/mol. The maximum atomic E-state index is 11.6. The fraction of sp³-hybridized carbons (Fsp3) is 0.692. The van der Waals surface area contributed by atoms with Gasteiger partial charge in [-0.3, -0.25) is 0 Å². The van der Waals surface area contributed by atoms with Gasteiger partial charge in [-0.15, -0.1) is 0 Å². The minimum Gasteiger partial charge on any atom is -0.465 e. The highest BCUT2D eigenvalue weighted by atomic mass is 32.1. The van der Waals surface area contributed by atoms with Gasteiger partial charge in [0.15, 0.2) is 5.13 Å². The van der Waals surface area contributed by atoms with E-state index in [1.54, 1.807) is 0 Å². The van der Waals surface area contributed by atoms with Crippen molar-refractivity contribution in [3.05, 3.63) is 10.6 Å². The van der Waals surface area contributed by atoms with Crippen LogP contribution < -0.4 is 4.90 Å². The van der Waals surface area contributed by atoms with E-state index in [1.165, 1.54) is 31.3 Å². The molecule has 0 bridgehead atoms. The Labute approximate surface area is 112 Å². The lowest BCUT2D eigenvalue weighted by Gasteiger charge is -2.23. The molecule has 0 radical (unpaired) electrons. The Morgan fingerprint density at radius 3 is 2.72 bits per heavy atom. The summed E-state index contributed by atoms with van der Waals surface area (Å²) in [4.78, 5) is 19.1. The smallest absolute Gasteiger partial charge is 0.350 e. The van der Waals surface area contributed by atoms with Gasteiger partial charge in [0.1, 0.15) is 4.88 Å². The van der Waals surface area contributed by atoms with Crippen molar-refractivity contribution in [2.45, 2.75) is 39.7 Å². The largest absolute Gasteiger partial charge is 0.465 e. The van der Waals surface area contributed by atoms with Gasteiger partial charge in [0.25, 0.3) is 0 Å². The molecule has 5 heteroatoms. The van der Waals surface area contributed by atoms with Gasteiger partial charge in [-0.2, -0.15) is 0 Å². The molecule has 1 fully saturated rings. The summed E-state index contributed by atoms with van der Waals surface area (Å²) in [6, 6.07) is 0.614. The second-order valence-corrected chi connectivity index (χ2v) is 6.16. The van der Waals surface area contributed by atoms with Crippen molar-refractivity contribution in [2.75, 3.05) is 18.6 Å². The van der Waals surface area contributed by atoms with E-state index in [4.69, 9.17) is 4.74 Å². The van der Waals surface area contributed by atoms with E-state index < -0.39 is 0 Å². The van der Waals surface area contributed by atoms with Crippen LogP contribution in [0.2, 0.25) is 0 Å². The fourth-order valence-corrected chi connectivity index (χ4v) is 3.02. The maximum Gasteiger partial charge on any atom is 0.350 e. The van der Waals surface area contributed by atoms with E-state index >= 15 is 0 Å². The van der Waals surface area contributed by atoms with Crippen molar-refractivity contribution >= 4 is 22.4 Å². The standard InChI is InChI=1S/C13H20N2O2S/c1-8(2)7-15(10-5-6-10)13-14-9(3)11(18-13)12(16)17-4/h8,10H,5-7H2,1-4H3. The second kappa shape index (κ2) is 5.26. The molecule has 100 valence electrons. The lowest BCUT2D eigenvalue weighted by atomic mass is 10.2. The van der Waals surface area contributed by atoms with Crippen LogP contribution in [0.5, 0.6) is 0 Å². The highest BCUT2D eigenvalue weighted by Crippen LogP contribution is 2.36. The lowest BCUT2D eigenvalue weighted by Crippen LogP contribution is -2.29. The van der Waals surface area contributed by atoms with Crippen LogP contribution in [-0.2, 0) is 4.74 Å². The normalized spacial score (nSPS) is 14.9. The molecule has 18 heavy (non-hydrogen) atoms. The molecule has 0 unspecified atom stereocenters. The summed E-state index contributed by atoms with van der Waals surface area (Å²) in [5.74, 6) is 0.313. The Morgan fingerprint density at radius 2 is 2.22 bits per heavy atom. The predicted octanol–water partition coefficient (Wildman–Crippen LogP) is 2.86. The van der Waals surface area contributed by atoms with E-state index in [1.807, 2.05) is 6.92 Å². The first-order valence-electron chi connectivity index (χ1n) is 6.35. The summed E-state index contributed by atoms with van der Waals surface area (Å²) < 4.78 is 4.78. The van der Waals surface area contributed by atoms with Gasteiger partial charge in [-0.05, 0) is 25.7 Å². The molecule has 1 aromatic heterocycles. The van der Waals surface area contributed by atoms with Crippen LogP contribution in [0.4, 0.5) is 5.13 Å². The first-order valence-corrected chi connectivity index (χ1v) is 7.17. The first-order chi connectivity index (χ1) is 8.52. The van der Waals surface area contributed by atoms with Gasteiger partial charge in [-0.1, -0.05) is 25.2 Å². The minimum atomic E-state index is -0.281. The Hall–Kier alpha value is -1.10. The summed E-state index contributed by atoms with van der Waals surface area (Å²) in [6.07, 6.45) is 2.47. The van der Waals surface area contributed by atoms with Crippen molar-refractivity contribution in [1.29, 1.82) is 0 Å². The summed E-state index contributed by atoms with van der Waals surface area (Å²) >= 11 is 1.45. The molecule has 0 aromatic carbocycles. The highest BCUT2D eigenvalue weighted by molar-refractivity contribution is 7.17. The van der Waals surface area contributed by atoms with E-state index in [2.05, 4.69) is 23.7 Å². The molecule has 1 aliphatic carbocycles. The molecule has 4 nitrogen and oxygen atoms in total. The van der Waals surface area contributed by atoms with Gasteiger partial charge in [0, 0.05) is 12.6 Å². The van der Waals surface area contributed by atoms with Gasteiger partial charge < -0.3 is 9.64 Å². The molecule has 1 aromatic rings. The molecule has 0 saturated heterocycles. The number of aromatic nitrogens is 1. The Morgan fingerprint density at radius 1 is 1.56 bits per heavy atom. The van der Waals surface area contributed by atoms with E-state index in [0.717, 1.165) is 17.4 Å². The number of carbonyl (C=O) groups is 1. The molecule has 0 N–H and O–H groups in total. The maximum absolute atomic E-state index is 11.6. The number of aryl methyl sites for hydroxylation is 1. The van der Waals surface area contributed by atoms with Crippen LogP contribution in [0.15, 0.2) is 0 Å². The molecule has 0 spiro atoms. The van der Waals surface area contributed by atoms with E-state index in [0.29, 0.717) is 16.8 Å². The summed E-state index contributed by atoms with van der Waals surface area (Å²) in [7, 11) is 1.41. The van der Waals surface area contributed by atoms with Crippen LogP contribution in [0, 0.1) is 12.8 Å². The number of hydrogen-bond donors (Lipinski definition) is 0. The third-order valence-corrected chi connectivity index (χ3v) is 4.13. The third kappa shape index (κ3) is 2.83. The topological polar surface area (TPSA) is 42.4 Å². The van der Waals surface area contributed by atoms with Crippen LogP contribution in [0.25, 0.3) is 0 Å². The van der Waals surface area contributed by atoms with Gasteiger partial charge >= 0.3 is 5.97 Å². The average molecular weight is 268 g/mol. The Balaban J connectivity index is 2.22. The zero-order valence-corrected chi connectivity index (χ0v) is 12.2. The quantitative estimate of drug-likeness (QED) is 0.770. The molecule has 1 aliphatic rings. The number of anilines is 1. The van der Waals surface area contributed by atoms with Gasteiger partial charge in [-0.25, -0.2) is 9.78 Å². The van der Waals surface area contributed by atoms with Crippen molar-refractivity contribution in [2.24, 2.45) is 5.92 Å². The van der Waals surface area contributed by atoms with Crippen LogP contribution >= 0.6 is 11.3 Å². The van der Waals surface area contributed by atoms with E-state index in [9.17, 15) is 4.79 Å². The number of ether oxygens (including phenoxy) is 1. The zero-order chi connectivity index (χ0) is 13.3. The van der Waals surface area contributed by atoms with Crippen LogP contribution in [-0.4, -0.2) is 30.6 Å². The molecule has 0 atom stereocenters. The molecule has 0 amide bonds. The van der Waals surface area contributed by atoms with E-state index in [-0.39, 0.29) is 5.97 Å². The van der Waals surface area contributed by atoms with Crippen molar-refractivity contribution in [1.82, 2.24) is 4.98 Å². The van der Waals surface area contributed by atoms with Gasteiger partial charge in [0.2, 0.25) is 0 Å². The molecule has 1 heterocycles. The Bertz CT molecular complexity index is 438. The van der Waals surface area contributed by atoms with Crippen LogP contribution in [0.1, 0.15) is 42.1 Å². The molecular weight excluding hydrogens is 248 g/mol. The number of methoxy groups -OCH3 is 1. The Kier molecular flexibility index (Phi) is 3.90. The molecule has 1 saturated carbocycles. The number of nitrogens with zero attached hydrogens (tertiary/aromatic N) is 2. The average Bonchev–Trinajstić information content (AvgIpc) is 3.08. The van der Waals surface area contributed by atoms with Crippen molar-refractivity contribution in [3.8, 4) is 0 Å². The third-order valence-electron chi connectivity index (χ3n) is 2.95.